The summed E-state index contributed by atoms with van der Waals surface area (Å²) in [7, 11) is 2.96. The van der Waals surface area contributed by atoms with Gasteiger partial charge in [-0.05, 0) is 37.1 Å². The molecule has 0 aliphatic heterocycles. The van der Waals surface area contributed by atoms with Crippen LogP contribution in [0.4, 0.5) is 0 Å². The van der Waals surface area contributed by atoms with E-state index >= 15 is 0 Å². The number of ether oxygens (including phenoxy) is 2. The molecular weight excluding hydrogens is 270 g/mol. The van der Waals surface area contributed by atoms with Gasteiger partial charge in [0.05, 0.1) is 20.1 Å². The van der Waals surface area contributed by atoms with Crippen LogP contribution in [0.1, 0.15) is 30.1 Å². The van der Waals surface area contributed by atoms with Crippen LogP contribution in [-0.4, -0.2) is 43.6 Å². The van der Waals surface area contributed by atoms with E-state index in [2.05, 4.69) is 0 Å². The molecule has 0 saturated heterocycles. The maximum atomic E-state index is 12.6. The molecule has 1 saturated carbocycles. The van der Waals surface area contributed by atoms with Gasteiger partial charge in [0.15, 0.2) is 0 Å². The molecule has 1 fully saturated rings. The standard InChI is InChI=1S/C16H21NO4/c1-11(16(19)21-3)10-17(13-6-7-13)15(18)12-4-8-14(20-2)9-5-12/h4-5,8-9,11,13H,6-7,10H2,1-3H3. The zero-order valence-corrected chi connectivity index (χ0v) is 12.7. The van der Waals surface area contributed by atoms with E-state index in [9.17, 15) is 9.59 Å². The quantitative estimate of drug-likeness (QED) is 0.753. The predicted octanol–water partition coefficient (Wildman–Crippen LogP) is 2.11. The van der Waals surface area contributed by atoms with Crippen LogP contribution in [0.5, 0.6) is 5.75 Å². The van der Waals surface area contributed by atoms with E-state index in [4.69, 9.17) is 9.47 Å². The van der Waals surface area contributed by atoms with E-state index < -0.39 is 0 Å². The second kappa shape index (κ2) is 6.61. The van der Waals surface area contributed by atoms with Crippen LogP contribution in [0.2, 0.25) is 0 Å². The zero-order valence-electron chi connectivity index (χ0n) is 12.7. The average molecular weight is 291 g/mol. The number of hydrogen-bond acceptors (Lipinski definition) is 4. The number of rotatable bonds is 6. The number of esters is 1. The van der Waals surface area contributed by atoms with Gasteiger partial charge in [0, 0.05) is 18.2 Å². The molecule has 1 aromatic carbocycles. The molecule has 0 bridgehead atoms. The molecule has 0 aromatic heterocycles. The summed E-state index contributed by atoms with van der Waals surface area (Å²) in [4.78, 5) is 25.9. The van der Waals surface area contributed by atoms with Crippen molar-refractivity contribution in [1.82, 2.24) is 4.90 Å². The lowest BCUT2D eigenvalue weighted by molar-refractivity contribution is -0.145. The fourth-order valence-corrected chi connectivity index (χ4v) is 2.25. The number of nitrogens with zero attached hydrogens (tertiary/aromatic N) is 1. The van der Waals surface area contributed by atoms with Crippen LogP contribution in [0.25, 0.3) is 0 Å². The highest BCUT2D eigenvalue weighted by Crippen LogP contribution is 2.29. The van der Waals surface area contributed by atoms with Gasteiger partial charge in [-0.3, -0.25) is 9.59 Å². The molecule has 1 unspecified atom stereocenters. The first-order valence-corrected chi connectivity index (χ1v) is 7.09. The third-order valence-electron chi connectivity index (χ3n) is 3.66. The highest BCUT2D eigenvalue weighted by atomic mass is 16.5. The summed E-state index contributed by atoms with van der Waals surface area (Å²) in [6, 6.07) is 7.27. The third kappa shape index (κ3) is 3.74. The number of methoxy groups -OCH3 is 2. The van der Waals surface area contributed by atoms with E-state index in [-0.39, 0.29) is 23.8 Å². The topological polar surface area (TPSA) is 55.8 Å². The first-order chi connectivity index (χ1) is 10.1. The highest BCUT2D eigenvalue weighted by molar-refractivity contribution is 5.95. The Labute approximate surface area is 124 Å². The van der Waals surface area contributed by atoms with Crippen LogP contribution in [0.3, 0.4) is 0 Å². The van der Waals surface area contributed by atoms with E-state index in [0.717, 1.165) is 12.8 Å². The molecule has 114 valence electrons. The average Bonchev–Trinajstić information content (AvgIpc) is 3.35. The van der Waals surface area contributed by atoms with Crippen molar-refractivity contribution in [2.45, 2.75) is 25.8 Å². The molecule has 0 radical (unpaired) electrons. The molecular formula is C16H21NO4. The number of amides is 1. The van der Waals surface area contributed by atoms with E-state index in [1.165, 1.54) is 7.11 Å². The van der Waals surface area contributed by atoms with E-state index in [1.54, 1.807) is 43.2 Å². The minimum atomic E-state index is -0.321. The van der Waals surface area contributed by atoms with Crippen LogP contribution in [0.15, 0.2) is 24.3 Å². The van der Waals surface area contributed by atoms with Gasteiger partial charge in [0.2, 0.25) is 0 Å². The minimum Gasteiger partial charge on any atom is -0.497 e. The minimum absolute atomic E-state index is 0.0455. The van der Waals surface area contributed by atoms with Crippen LogP contribution in [0, 0.1) is 5.92 Å². The number of carbonyl (C=O) groups is 2. The zero-order chi connectivity index (χ0) is 15.4. The van der Waals surface area contributed by atoms with Gasteiger partial charge < -0.3 is 14.4 Å². The van der Waals surface area contributed by atoms with Gasteiger partial charge in [-0.2, -0.15) is 0 Å². The van der Waals surface area contributed by atoms with Crippen molar-refractivity contribution < 1.29 is 19.1 Å². The first-order valence-electron chi connectivity index (χ1n) is 7.09. The normalized spacial score (nSPS) is 15.2. The molecule has 1 aliphatic rings. The molecule has 2 rings (SSSR count). The van der Waals surface area contributed by atoms with Crippen molar-refractivity contribution in [3.05, 3.63) is 29.8 Å². The molecule has 0 heterocycles. The van der Waals surface area contributed by atoms with Crippen LogP contribution in [-0.2, 0) is 9.53 Å². The van der Waals surface area contributed by atoms with Gasteiger partial charge in [-0.25, -0.2) is 0 Å². The molecule has 0 N–H and O–H groups in total. The molecule has 0 spiro atoms. The fourth-order valence-electron chi connectivity index (χ4n) is 2.25. The second-order valence-electron chi connectivity index (χ2n) is 5.34. The van der Waals surface area contributed by atoms with Crippen molar-refractivity contribution in [3.63, 3.8) is 0 Å². The van der Waals surface area contributed by atoms with Crippen molar-refractivity contribution in [3.8, 4) is 5.75 Å². The Bertz CT molecular complexity index is 508. The first kappa shape index (κ1) is 15.4. The lowest BCUT2D eigenvalue weighted by Gasteiger charge is -2.25. The third-order valence-corrected chi connectivity index (χ3v) is 3.66. The highest BCUT2D eigenvalue weighted by Gasteiger charge is 2.35. The van der Waals surface area contributed by atoms with Crippen molar-refractivity contribution >= 4 is 11.9 Å². The summed E-state index contributed by atoms with van der Waals surface area (Å²) in [6.07, 6.45) is 1.99. The Morgan fingerprint density at radius 2 is 1.86 bits per heavy atom. The summed E-state index contributed by atoms with van der Waals surface area (Å²) in [5.74, 6) is 0.0596. The molecule has 5 nitrogen and oxygen atoms in total. The predicted molar refractivity (Wildman–Crippen MR) is 78.2 cm³/mol. The van der Waals surface area contributed by atoms with E-state index in [0.29, 0.717) is 17.9 Å². The fraction of sp³-hybridized carbons (Fsp3) is 0.500. The van der Waals surface area contributed by atoms with Crippen LogP contribution >= 0.6 is 0 Å². The van der Waals surface area contributed by atoms with Crippen molar-refractivity contribution in [2.75, 3.05) is 20.8 Å². The Balaban J connectivity index is 2.09. The van der Waals surface area contributed by atoms with Gasteiger partial charge in [0.1, 0.15) is 5.75 Å². The monoisotopic (exact) mass is 291 g/mol. The SMILES string of the molecule is COC(=O)C(C)CN(C(=O)c1ccc(OC)cc1)C1CC1. The van der Waals surface area contributed by atoms with Crippen LogP contribution < -0.4 is 4.74 Å². The van der Waals surface area contributed by atoms with Gasteiger partial charge in [0.25, 0.3) is 5.91 Å². The number of benzene rings is 1. The molecule has 1 aromatic rings. The Morgan fingerprint density at radius 3 is 2.33 bits per heavy atom. The summed E-state index contributed by atoms with van der Waals surface area (Å²) in [5, 5.41) is 0. The molecule has 1 amide bonds. The summed E-state index contributed by atoms with van der Waals surface area (Å²) in [6.45, 7) is 2.17. The van der Waals surface area contributed by atoms with Crippen molar-refractivity contribution in [1.29, 1.82) is 0 Å². The molecule has 1 aliphatic carbocycles. The lowest BCUT2D eigenvalue weighted by Crippen LogP contribution is -2.38. The molecule has 1 atom stereocenters. The Morgan fingerprint density at radius 1 is 1.24 bits per heavy atom. The number of carbonyl (C=O) groups excluding carboxylic acids is 2. The summed E-state index contributed by atoms with van der Waals surface area (Å²) >= 11 is 0. The Hall–Kier alpha value is -2.04. The smallest absolute Gasteiger partial charge is 0.310 e. The summed E-state index contributed by atoms with van der Waals surface area (Å²) < 4.78 is 9.83. The lowest BCUT2D eigenvalue weighted by atomic mass is 10.1. The maximum Gasteiger partial charge on any atom is 0.310 e. The molecule has 21 heavy (non-hydrogen) atoms. The number of hydrogen-bond donors (Lipinski definition) is 0. The van der Waals surface area contributed by atoms with Crippen molar-refractivity contribution in [2.24, 2.45) is 5.92 Å². The molecule has 5 heteroatoms. The van der Waals surface area contributed by atoms with Gasteiger partial charge >= 0.3 is 5.97 Å². The maximum absolute atomic E-state index is 12.6. The second-order valence-corrected chi connectivity index (χ2v) is 5.34. The largest absolute Gasteiger partial charge is 0.497 e. The summed E-state index contributed by atoms with van der Waals surface area (Å²) in [5.41, 5.74) is 0.611. The van der Waals surface area contributed by atoms with Gasteiger partial charge in [-0.15, -0.1) is 0 Å². The Kier molecular flexibility index (Phi) is 4.83. The van der Waals surface area contributed by atoms with Gasteiger partial charge in [-0.1, -0.05) is 6.92 Å². The van der Waals surface area contributed by atoms with E-state index in [1.807, 2.05) is 0 Å².